The molecular weight excluding hydrogens is 316 g/mol. The monoisotopic (exact) mass is 340 g/mol. The molecule has 0 saturated carbocycles. The van der Waals surface area contributed by atoms with E-state index >= 15 is 0 Å². The van der Waals surface area contributed by atoms with E-state index in [1.807, 2.05) is 24.4 Å². The normalized spacial score (nSPS) is 26.2. The van der Waals surface area contributed by atoms with Crippen molar-refractivity contribution in [3.05, 3.63) is 48.5 Å². The molecule has 132 valence electrons. The number of aromatic nitrogens is 3. The van der Waals surface area contributed by atoms with E-state index in [-0.39, 0.29) is 11.5 Å². The largest absolute Gasteiger partial charge is 0.377 e. The number of nitrogens with zero attached hydrogens (tertiary/aromatic N) is 4. The van der Waals surface area contributed by atoms with Crippen molar-refractivity contribution >= 4 is 5.95 Å². The molecule has 0 N–H and O–H groups in total. The molecule has 0 spiro atoms. The standard InChI is InChI=1S/C19H24N4O2/c1-4-16(12-20-7-1)13-24-15-19-6-2-11-25-17(19)5-10-23(14-19)18-21-8-3-9-22-18/h1,3-4,7-9,12,17H,2,5-6,10-11,13-15H2/t17-,19+/m0/s1. The van der Waals surface area contributed by atoms with Gasteiger partial charge in [-0.25, -0.2) is 9.97 Å². The van der Waals surface area contributed by atoms with Crippen molar-refractivity contribution in [2.24, 2.45) is 5.41 Å². The minimum atomic E-state index is 0.0118. The van der Waals surface area contributed by atoms with Gasteiger partial charge in [0.05, 0.1) is 19.3 Å². The molecule has 6 heteroatoms. The van der Waals surface area contributed by atoms with Crippen molar-refractivity contribution in [1.82, 2.24) is 15.0 Å². The second-order valence-corrected chi connectivity index (χ2v) is 6.94. The predicted octanol–water partition coefficient (Wildman–Crippen LogP) is 2.46. The number of rotatable bonds is 5. The van der Waals surface area contributed by atoms with E-state index in [4.69, 9.17) is 9.47 Å². The molecule has 2 aliphatic rings. The minimum absolute atomic E-state index is 0.0118. The summed E-state index contributed by atoms with van der Waals surface area (Å²) in [5.74, 6) is 0.804. The Hall–Kier alpha value is -2.05. The molecule has 4 heterocycles. The molecule has 0 unspecified atom stereocenters. The summed E-state index contributed by atoms with van der Waals surface area (Å²) in [5, 5.41) is 0. The highest BCUT2D eigenvalue weighted by Crippen LogP contribution is 2.41. The summed E-state index contributed by atoms with van der Waals surface area (Å²) in [5.41, 5.74) is 1.11. The Morgan fingerprint density at radius 2 is 2.16 bits per heavy atom. The molecule has 0 bridgehead atoms. The molecule has 2 aliphatic heterocycles. The predicted molar refractivity (Wildman–Crippen MR) is 94.2 cm³/mol. The maximum absolute atomic E-state index is 6.12. The first-order valence-electron chi connectivity index (χ1n) is 8.96. The zero-order valence-electron chi connectivity index (χ0n) is 14.4. The highest BCUT2D eigenvalue weighted by Gasteiger charge is 2.46. The van der Waals surface area contributed by atoms with Gasteiger partial charge in [-0.3, -0.25) is 4.98 Å². The fraction of sp³-hybridized carbons (Fsp3) is 0.526. The zero-order chi connectivity index (χ0) is 17.0. The van der Waals surface area contributed by atoms with Gasteiger partial charge in [0, 0.05) is 49.9 Å². The van der Waals surface area contributed by atoms with Crippen LogP contribution in [-0.4, -0.2) is 47.4 Å². The third kappa shape index (κ3) is 3.65. The summed E-state index contributed by atoms with van der Waals surface area (Å²) in [4.78, 5) is 15.3. The summed E-state index contributed by atoms with van der Waals surface area (Å²) in [7, 11) is 0. The van der Waals surface area contributed by atoms with Crippen LogP contribution >= 0.6 is 0 Å². The second-order valence-electron chi connectivity index (χ2n) is 6.94. The van der Waals surface area contributed by atoms with Gasteiger partial charge < -0.3 is 14.4 Å². The molecule has 0 amide bonds. The van der Waals surface area contributed by atoms with Crippen LogP contribution < -0.4 is 4.90 Å². The lowest BCUT2D eigenvalue weighted by Gasteiger charge is -2.50. The third-order valence-corrected chi connectivity index (χ3v) is 5.20. The molecule has 2 fully saturated rings. The van der Waals surface area contributed by atoms with Crippen LogP contribution in [0.4, 0.5) is 5.95 Å². The number of fused-ring (bicyclic) bond motifs is 1. The summed E-state index contributed by atoms with van der Waals surface area (Å²) >= 11 is 0. The molecule has 6 nitrogen and oxygen atoms in total. The van der Waals surface area contributed by atoms with Crippen LogP contribution in [0.1, 0.15) is 24.8 Å². The maximum atomic E-state index is 6.12. The molecule has 0 aliphatic carbocycles. The minimum Gasteiger partial charge on any atom is -0.377 e. The molecule has 2 atom stereocenters. The van der Waals surface area contributed by atoms with E-state index < -0.39 is 0 Å². The second kappa shape index (κ2) is 7.45. The van der Waals surface area contributed by atoms with E-state index in [0.717, 1.165) is 50.5 Å². The number of piperidine rings is 1. The summed E-state index contributed by atoms with van der Waals surface area (Å²) < 4.78 is 12.2. The number of ether oxygens (including phenoxy) is 2. The van der Waals surface area contributed by atoms with E-state index in [1.54, 1.807) is 18.6 Å². The smallest absolute Gasteiger partial charge is 0.225 e. The van der Waals surface area contributed by atoms with Crippen LogP contribution in [0.15, 0.2) is 43.0 Å². The van der Waals surface area contributed by atoms with Gasteiger partial charge in [0.25, 0.3) is 0 Å². The van der Waals surface area contributed by atoms with Crippen molar-refractivity contribution in [3.63, 3.8) is 0 Å². The van der Waals surface area contributed by atoms with Gasteiger partial charge in [-0.05, 0) is 37.0 Å². The number of pyridine rings is 1. The molecule has 0 radical (unpaired) electrons. The van der Waals surface area contributed by atoms with Gasteiger partial charge in [0.1, 0.15) is 0 Å². The van der Waals surface area contributed by atoms with Gasteiger partial charge in [0.15, 0.2) is 0 Å². The molecule has 25 heavy (non-hydrogen) atoms. The van der Waals surface area contributed by atoms with Gasteiger partial charge in [-0.1, -0.05) is 6.07 Å². The molecule has 0 aromatic carbocycles. The molecule has 4 rings (SSSR count). The van der Waals surface area contributed by atoms with Crippen LogP contribution in [0.5, 0.6) is 0 Å². The summed E-state index contributed by atoms with van der Waals surface area (Å²) in [6, 6.07) is 5.84. The van der Waals surface area contributed by atoms with Gasteiger partial charge in [0.2, 0.25) is 5.95 Å². The SMILES string of the molecule is c1cnc(N2CC[C@@H]3OCCC[C@]3(COCc3cccnc3)C2)nc1. The summed E-state index contributed by atoms with van der Waals surface area (Å²) in [6.07, 6.45) is 10.7. The Labute approximate surface area is 148 Å². The molecule has 2 aromatic rings. The number of anilines is 1. The zero-order valence-corrected chi connectivity index (χ0v) is 14.4. The Morgan fingerprint density at radius 3 is 3.00 bits per heavy atom. The lowest BCUT2D eigenvalue weighted by Crippen LogP contribution is -2.57. The first kappa shape index (κ1) is 16.4. The Kier molecular flexibility index (Phi) is 4.90. The fourth-order valence-electron chi connectivity index (χ4n) is 3.98. The fourth-order valence-corrected chi connectivity index (χ4v) is 3.98. The number of hydrogen-bond donors (Lipinski definition) is 0. The summed E-state index contributed by atoms with van der Waals surface area (Å²) in [6.45, 7) is 3.95. The van der Waals surface area contributed by atoms with Crippen molar-refractivity contribution < 1.29 is 9.47 Å². The molecule has 2 saturated heterocycles. The van der Waals surface area contributed by atoms with Crippen molar-refractivity contribution in [2.75, 3.05) is 31.2 Å². The van der Waals surface area contributed by atoms with Crippen LogP contribution in [0.2, 0.25) is 0 Å². The van der Waals surface area contributed by atoms with E-state index in [9.17, 15) is 0 Å². The Balaban J connectivity index is 1.46. The third-order valence-electron chi connectivity index (χ3n) is 5.20. The average Bonchev–Trinajstić information content (AvgIpc) is 2.69. The van der Waals surface area contributed by atoms with Crippen molar-refractivity contribution in [1.29, 1.82) is 0 Å². The van der Waals surface area contributed by atoms with Crippen LogP contribution in [0.3, 0.4) is 0 Å². The van der Waals surface area contributed by atoms with Gasteiger partial charge >= 0.3 is 0 Å². The van der Waals surface area contributed by atoms with Crippen molar-refractivity contribution in [3.8, 4) is 0 Å². The van der Waals surface area contributed by atoms with E-state index in [1.165, 1.54) is 0 Å². The van der Waals surface area contributed by atoms with Crippen LogP contribution in [-0.2, 0) is 16.1 Å². The molecular formula is C19H24N4O2. The highest BCUT2D eigenvalue weighted by atomic mass is 16.5. The van der Waals surface area contributed by atoms with Crippen molar-refractivity contribution in [2.45, 2.75) is 32.0 Å². The first-order chi connectivity index (χ1) is 12.4. The Bertz CT molecular complexity index is 670. The quantitative estimate of drug-likeness (QED) is 0.833. The van der Waals surface area contributed by atoms with Crippen LogP contribution in [0.25, 0.3) is 0 Å². The van der Waals surface area contributed by atoms with Gasteiger partial charge in [-0.2, -0.15) is 0 Å². The highest BCUT2D eigenvalue weighted by molar-refractivity contribution is 5.31. The average molecular weight is 340 g/mol. The van der Waals surface area contributed by atoms with E-state index in [2.05, 4.69) is 19.9 Å². The van der Waals surface area contributed by atoms with E-state index in [0.29, 0.717) is 13.2 Å². The lowest BCUT2D eigenvalue weighted by molar-refractivity contribution is -0.127. The maximum Gasteiger partial charge on any atom is 0.225 e. The first-order valence-corrected chi connectivity index (χ1v) is 8.96. The molecule has 2 aromatic heterocycles. The van der Waals surface area contributed by atoms with Crippen LogP contribution in [0, 0.1) is 5.41 Å². The number of hydrogen-bond acceptors (Lipinski definition) is 6. The lowest BCUT2D eigenvalue weighted by atomic mass is 9.73. The Morgan fingerprint density at radius 1 is 1.24 bits per heavy atom. The van der Waals surface area contributed by atoms with Gasteiger partial charge in [-0.15, -0.1) is 0 Å². The topological polar surface area (TPSA) is 60.4 Å².